The third-order valence-electron chi connectivity index (χ3n) is 5.29. The van der Waals surface area contributed by atoms with Crippen LogP contribution in [0.4, 0.5) is 0 Å². The van der Waals surface area contributed by atoms with Gasteiger partial charge in [-0.2, -0.15) is 0 Å². The summed E-state index contributed by atoms with van der Waals surface area (Å²) in [6.07, 6.45) is 4.79. The largest absolute Gasteiger partial charge is 0.465 e. The number of benzene rings is 1. The van der Waals surface area contributed by atoms with E-state index in [1.807, 2.05) is 48.7 Å². The maximum Gasteiger partial charge on any atom is 0.337 e. The smallest absolute Gasteiger partial charge is 0.337 e. The molecule has 3 heterocycles. The third kappa shape index (κ3) is 3.68. The van der Waals surface area contributed by atoms with Crippen LogP contribution >= 0.6 is 12.2 Å². The summed E-state index contributed by atoms with van der Waals surface area (Å²) in [5.74, 6) is -0.353. The number of thiocarbonyl (C=S) groups is 1. The van der Waals surface area contributed by atoms with Crippen molar-refractivity contribution in [1.82, 2.24) is 19.8 Å². The summed E-state index contributed by atoms with van der Waals surface area (Å²) in [5, 5.41) is 4.20. The number of carbonyl (C=O) groups excluding carboxylic acids is 1. The van der Waals surface area contributed by atoms with Crippen LogP contribution in [0.1, 0.15) is 47.2 Å². The number of nitrogens with one attached hydrogen (secondary N) is 1. The van der Waals surface area contributed by atoms with Gasteiger partial charge in [0, 0.05) is 30.3 Å². The van der Waals surface area contributed by atoms with Crippen LogP contribution in [-0.2, 0) is 4.74 Å². The SMILES string of the molecule is CCCN1C(=S)N[C@H](c2ccccn2)[C@H]1c1cccn1-c1cccc(C(=O)OC)c1. The summed E-state index contributed by atoms with van der Waals surface area (Å²) in [6, 6.07) is 17.4. The number of methoxy groups -OCH3 is 1. The summed E-state index contributed by atoms with van der Waals surface area (Å²) in [5.41, 5.74) is 3.43. The Morgan fingerprint density at radius 1 is 1.20 bits per heavy atom. The summed E-state index contributed by atoms with van der Waals surface area (Å²) in [6.45, 7) is 2.99. The van der Waals surface area contributed by atoms with Gasteiger partial charge in [-0.05, 0) is 61.1 Å². The van der Waals surface area contributed by atoms with Gasteiger partial charge in [0.2, 0.25) is 0 Å². The van der Waals surface area contributed by atoms with E-state index < -0.39 is 0 Å². The minimum atomic E-state index is -0.353. The first-order valence-electron chi connectivity index (χ1n) is 9.98. The molecule has 1 aliphatic rings. The number of hydrogen-bond donors (Lipinski definition) is 1. The van der Waals surface area contributed by atoms with Gasteiger partial charge in [-0.1, -0.05) is 19.1 Å². The number of ether oxygens (including phenoxy) is 1. The second-order valence-electron chi connectivity index (χ2n) is 7.16. The van der Waals surface area contributed by atoms with Crippen LogP contribution in [0.5, 0.6) is 0 Å². The lowest BCUT2D eigenvalue weighted by Gasteiger charge is -2.28. The average Bonchev–Trinajstić information content (AvgIpc) is 3.39. The van der Waals surface area contributed by atoms with E-state index in [9.17, 15) is 4.79 Å². The van der Waals surface area contributed by atoms with E-state index in [4.69, 9.17) is 17.0 Å². The van der Waals surface area contributed by atoms with E-state index in [-0.39, 0.29) is 18.1 Å². The third-order valence-corrected chi connectivity index (χ3v) is 5.64. The van der Waals surface area contributed by atoms with E-state index in [0.717, 1.165) is 35.2 Å². The summed E-state index contributed by atoms with van der Waals surface area (Å²) in [7, 11) is 1.39. The van der Waals surface area contributed by atoms with Crippen LogP contribution in [0, 0.1) is 0 Å². The molecule has 1 aliphatic heterocycles. The average molecular weight is 421 g/mol. The van der Waals surface area contributed by atoms with Crippen molar-refractivity contribution in [3.8, 4) is 5.69 Å². The van der Waals surface area contributed by atoms with Crippen LogP contribution in [0.25, 0.3) is 5.69 Å². The Labute approximate surface area is 181 Å². The Morgan fingerprint density at radius 3 is 2.80 bits per heavy atom. The van der Waals surface area contributed by atoms with E-state index >= 15 is 0 Å². The van der Waals surface area contributed by atoms with Gasteiger partial charge in [0.1, 0.15) is 0 Å². The highest BCUT2D eigenvalue weighted by molar-refractivity contribution is 7.80. The van der Waals surface area contributed by atoms with Crippen molar-refractivity contribution < 1.29 is 9.53 Å². The lowest BCUT2D eigenvalue weighted by molar-refractivity contribution is 0.0600. The zero-order valence-electron chi connectivity index (χ0n) is 17.0. The first-order valence-corrected chi connectivity index (χ1v) is 10.4. The number of carbonyl (C=O) groups is 1. The van der Waals surface area contributed by atoms with E-state index in [2.05, 4.69) is 32.8 Å². The number of rotatable bonds is 6. The maximum atomic E-state index is 12.0. The number of hydrogen-bond acceptors (Lipinski definition) is 4. The van der Waals surface area contributed by atoms with Crippen LogP contribution in [-0.4, -0.2) is 39.2 Å². The highest BCUT2D eigenvalue weighted by Crippen LogP contribution is 2.39. The molecule has 0 bridgehead atoms. The molecule has 1 N–H and O–H groups in total. The number of nitrogens with zero attached hydrogens (tertiary/aromatic N) is 3. The number of esters is 1. The van der Waals surface area contributed by atoms with Crippen LogP contribution in [0.3, 0.4) is 0 Å². The first kappa shape index (κ1) is 20.1. The normalized spacial score (nSPS) is 18.3. The fourth-order valence-electron chi connectivity index (χ4n) is 3.98. The van der Waals surface area contributed by atoms with Gasteiger partial charge in [-0.15, -0.1) is 0 Å². The van der Waals surface area contributed by atoms with Gasteiger partial charge in [0.05, 0.1) is 30.5 Å². The number of pyridine rings is 1. The lowest BCUT2D eigenvalue weighted by Crippen LogP contribution is -2.31. The first-order chi connectivity index (χ1) is 14.6. The molecule has 30 heavy (non-hydrogen) atoms. The van der Waals surface area contributed by atoms with Gasteiger partial charge in [0.15, 0.2) is 5.11 Å². The fourth-order valence-corrected chi connectivity index (χ4v) is 4.31. The molecule has 1 saturated heterocycles. The molecule has 3 aromatic rings. The quantitative estimate of drug-likeness (QED) is 0.480. The molecule has 0 radical (unpaired) electrons. The van der Waals surface area contributed by atoms with E-state index in [1.54, 1.807) is 12.3 Å². The summed E-state index contributed by atoms with van der Waals surface area (Å²) >= 11 is 5.68. The molecule has 0 saturated carbocycles. The molecule has 1 aromatic carbocycles. The number of aromatic nitrogens is 2. The summed E-state index contributed by atoms with van der Waals surface area (Å²) in [4.78, 5) is 18.8. The van der Waals surface area contributed by atoms with Gasteiger partial charge in [0.25, 0.3) is 0 Å². The van der Waals surface area contributed by atoms with Gasteiger partial charge in [-0.3, -0.25) is 4.98 Å². The Hall–Kier alpha value is -3.19. The Morgan fingerprint density at radius 2 is 2.07 bits per heavy atom. The van der Waals surface area contributed by atoms with Gasteiger partial charge < -0.3 is 19.5 Å². The van der Waals surface area contributed by atoms with Crippen molar-refractivity contribution in [2.24, 2.45) is 0 Å². The van der Waals surface area contributed by atoms with Crippen molar-refractivity contribution in [3.63, 3.8) is 0 Å². The predicted octanol–water partition coefficient (Wildman–Crippen LogP) is 4.04. The second kappa shape index (κ2) is 8.67. The monoisotopic (exact) mass is 420 g/mol. The van der Waals surface area contributed by atoms with Gasteiger partial charge >= 0.3 is 5.97 Å². The van der Waals surface area contributed by atoms with Crippen molar-refractivity contribution in [2.45, 2.75) is 25.4 Å². The Balaban J connectivity index is 1.79. The zero-order valence-corrected chi connectivity index (χ0v) is 17.8. The maximum absolute atomic E-state index is 12.0. The Kier molecular flexibility index (Phi) is 5.81. The molecule has 1 fully saturated rings. The highest BCUT2D eigenvalue weighted by atomic mass is 32.1. The molecule has 0 unspecified atom stereocenters. The minimum absolute atomic E-state index is 0.0240. The minimum Gasteiger partial charge on any atom is -0.465 e. The molecule has 2 atom stereocenters. The predicted molar refractivity (Wildman–Crippen MR) is 120 cm³/mol. The molecule has 0 spiro atoms. The second-order valence-corrected chi connectivity index (χ2v) is 7.55. The van der Waals surface area contributed by atoms with Crippen LogP contribution in [0.2, 0.25) is 0 Å². The molecular formula is C23H24N4O2S. The zero-order chi connectivity index (χ0) is 21.1. The van der Waals surface area contributed by atoms with Crippen molar-refractivity contribution >= 4 is 23.3 Å². The molecule has 2 aromatic heterocycles. The van der Waals surface area contributed by atoms with E-state index in [0.29, 0.717) is 5.56 Å². The van der Waals surface area contributed by atoms with Crippen LogP contribution < -0.4 is 5.32 Å². The summed E-state index contributed by atoms with van der Waals surface area (Å²) < 4.78 is 6.99. The topological polar surface area (TPSA) is 59.4 Å². The lowest BCUT2D eigenvalue weighted by atomic mass is 10.0. The molecule has 0 aliphatic carbocycles. The molecule has 6 nitrogen and oxygen atoms in total. The van der Waals surface area contributed by atoms with Crippen LogP contribution in [0.15, 0.2) is 67.0 Å². The molecular weight excluding hydrogens is 396 g/mol. The standard InChI is InChI=1S/C23H24N4O2S/c1-3-13-27-21(20(25-23(27)30)18-10-4-5-12-24-18)19-11-7-14-26(19)17-9-6-8-16(15-17)22(28)29-2/h4-12,14-15,20-21H,3,13H2,1-2H3,(H,25,30)/t20-,21-/m1/s1. The van der Waals surface area contributed by atoms with E-state index in [1.165, 1.54) is 7.11 Å². The van der Waals surface area contributed by atoms with Gasteiger partial charge in [-0.25, -0.2) is 4.79 Å². The molecule has 154 valence electrons. The fraction of sp³-hybridized carbons (Fsp3) is 0.261. The van der Waals surface area contributed by atoms with Crippen molar-refractivity contribution in [2.75, 3.05) is 13.7 Å². The highest BCUT2D eigenvalue weighted by Gasteiger charge is 2.40. The molecule has 0 amide bonds. The Bertz CT molecular complexity index is 1050. The molecule has 4 rings (SSSR count). The molecule has 7 heteroatoms. The van der Waals surface area contributed by atoms with Crippen molar-refractivity contribution in [1.29, 1.82) is 0 Å². The van der Waals surface area contributed by atoms with Crippen molar-refractivity contribution in [3.05, 3.63) is 83.9 Å².